The molecule has 1 nitrogen and oxygen atoms in total. The molecule has 0 aromatic carbocycles. The maximum Gasteiger partial charge on any atom is 0.115 e. The summed E-state index contributed by atoms with van der Waals surface area (Å²) in [6.07, 6.45) is 0. The first-order chi connectivity index (χ1) is 1.41. The molecular formula is Br2OTe. The van der Waals surface area contributed by atoms with E-state index in [1.165, 1.54) is 0 Å². The van der Waals surface area contributed by atoms with Crippen molar-refractivity contribution in [2.45, 2.75) is 0 Å². The normalized spacial score (nSPS) is 4.50. The van der Waals surface area contributed by atoms with Crippen LogP contribution in [0, 0.1) is 0 Å². The van der Waals surface area contributed by atoms with Crippen molar-refractivity contribution >= 4 is 56.2 Å². The Morgan fingerprint density at radius 2 is 1.25 bits per heavy atom. The monoisotopic (exact) mass is 304 g/mol. The first-order valence-corrected chi connectivity index (χ1v) is 1.60. The number of halogens is 2. The van der Waals surface area contributed by atoms with Crippen LogP contribution < -0.4 is 0 Å². The predicted octanol–water partition coefficient (Wildman–Crippen LogP) is 1.24. The van der Waals surface area contributed by atoms with Gasteiger partial charge in [-0.3, -0.25) is 0 Å². The van der Waals surface area contributed by atoms with E-state index in [-0.39, 0.29) is 23.7 Å². The van der Waals surface area contributed by atoms with Crippen LogP contribution in [0.25, 0.3) is 0 Å². The third-order valence-electron chi connectivity index (χ3n) is 0. The molecule has 0 atom stereocenters. The zero-order valence-corrected chi connectivity index (χ0v) is 7.07. The number of hydrogen-bond acceptors (Lipinski definition) is 1. The molecule has 4 heavy (non-hydrogen) atoms. The maximum atomic E-state index is 3.88. The molecule has 26 valence electrons. The summed E-state index contributed by atoms with van der Waals surface area (Å²) in [5.74, 6) is 0. The predicted molar refractivity (Wildman–Crippen MR) is 24.7 cm³/mol. The Hall–Kier alpha value is 1.71. The molecule has 0 saturated heterocycles. The van der Waals surface area contributed by atoms with Crippen LogP contribution in [0.5, 0.6) is 0 Å². The summed E-state index contributed by atoms with van der Waals surface area (Å²) in [6.45, 7) is 0. The molecule has 2 radical (unpaired) electrons. The number of hydrogen-bond donors (Lipinski definition) is 0. The second kappa shape index (κ2) is 8.83. The third kappa shape index (κ3) is 9.32. The minimum atomic E-state index is 0. The summed E-state index contributed by atoms with van der Waals surface area (Å²) in [4.78, 5) is 0. The summed E-state index contributed by atoms with van der Waals surface area (Å²) in [7, 11) is 0. The Balaban J connectivity index is 0. The summed E-state index contributed by atoms with van der Waals surface area (Å²) in [6, 6.07) is 0. The van der Waals surface area contributed by atoms with Gasteiger partial charge in [-0.25, -0.2) is 2.92 Å². The van der Waals surface area contributed by atoms with Crippen LogP contribution in [-0.2, 0) is 2.92 Å². The van der Waals surface area contributed by atoms with Crippen LogP contribution in [0.1, 0.15) is 0 Å². The SMILES string of the molecule is BrOBr.[Te]. The van der Waals surface area contributed by atoms with Crippen LogP contribution in [0.2, 0.25) is 0 Å². The second-order valence-electron chi connectivity index (χ2n) is 0.0583. The molecule has 0 aromatic heterocycles. The summed E-state index contributed by atoms with van der Waals surface area (Å²) < 4.78 is 3.88. The van der Waals surface area contributed by atoms with Crippen molar-refractivity contribution in [1.29, 1.82) is 0 Å². The number of rotatable bonds is 0. The molecule has 0 heterocycles. The van der Waals surface area contributed by atoms with Gasteiger partial charge < -0.3 is 0 Å². The minimum absolute atomic E-state index is 0. The largest absolute Gasteiger partial charge is 0.230 e. The summed E-state index contributed by atoms with van der Waals surface area (Å²) >= 11 is 5.12. The fourth-order valence-electron chi connectivity index (χ4n) is 0. The van der Waals surface area contributed by atoms with Crippen molar-refractivity contribution in [2.24, 2.45) is 0 Å². The van der Waals surface area contributed by atoms with Crippen molar-refractivity contribution < 1.29 is 2.92 Å². The topological polar surface area (TPSA) is 9.23 Å². The van der Waals surface area contributed by atoms with Gasteiger partial charge in [0, 0.05) is 23.7 Å². The van der Waals surface area contributed by atoms with Gasteiger partial charge in [-0.2, -0.15) is 0 Å². The molecule has 0 unspecified atom stereocenters. The second-order valence-corrected chi connectivity index (χ2v) is 1.57. The molecule has 0 fully saturated rings. The molecule has 0 rings (SSSR count). The van der Waals surface area contributed by atoms with Crippen molar-refractivity contribution in [3.8, 4) is 0 Å². The minimum Gasteiger partial charge on any atom is -0.230 e. The third-order valence-corrected chi connectivity index (χ3v) is 0. The maximum absolute atomic E-state index is 3.88. The van der Waals surface area contributed by atoms with Gasteiger partial charge in [0.1, 0.15) is 32.5 Å². The quantitative estimate of drug-likeness (QED) is 0.612. The fraction of sp³-hybridized carbons (Fsp3) is 0. The molecule has 0 bridgehead atoms. The molecule has 0 aliphatic carbocycles. The Morgan fingerprint density at radius 3 is 1.25 bits per heavy atom. The van der Waals surface area contributed by atoms with E-state index in [1.54, 1.807) is 0 Å². The van der Waals surface area contributed by atoms with Crippen molar-refractivity contribution in [3.63, 3.8) is 0 Å². The van der Waals surface area contributed by atoms with Gasteiger partial charge in [-0.05, 0) is 0 Å². The fourth-order valence-corrected chi connectivity index (χ4v) is 0. The van der Waals surface area contributed by atoms with Crippen molar-refractivity contribution in [1.82, 2.24) is 0 Å². The molecule has 4 heteroatoms. The summed E-state index contributed by atoms with van der Waals surface area (Å²) in [5, 5.41) is 0. The smallest absolute Gasteiger partial charge is 0.115 e. The molecule has 0 N–H and O–H groups in total. The van der Waals surface area contributed by atoms with Gasteiger partial charge in [0.25, 0.3) is 0 Å². The van der Waals surface area contributed by atoms with Crippen LogP contribution >= 0.6 is 32.5 Å². The van der Waals surface area contributed by atoms with E-state index in [9.17, 15) is 0 Å². The molecular weight excluding hydrogens is 303 g/mol. The van der Waals surface area contributed by atoms with E-state index in [4.69, 9.17) is 0 Å². The van der Waals surface area contributed by atoms with Crippen LogP contribution in [-0.4, -0.2) is 23.7 Å². The van der Waals surface area contributed by atoms with Gasteiger partial charge in [0.05, 0.1) is 0 Å². The first-order valence-electron chi connectivity index (χ1n) is 0.309. The van der Waals surface area contributed by atoms with Crippen molar-refractivity contribution in [2.75, 3.05) is 0 Å². The van der Waals surface area contributed by atoms with Gasteiger partial charge in [0.15, 0.2) is 0 Å². The Labute approximate surface area is 58.7 Å². The van der Waals surface area contributed by atoms with E-state index >= 15 is 0 Å². The summed E-state index contributed by atoms with van der Waals surface area (Å²) in [5.41, 5.74) is 0. The zero-order valence-electron chi connectivity index (χ0n) is 1.57. The van der Waals surface area contributed by atoms with Gasteiger partial charge in [-0.1, -0.05) is 0 Å². The van der Waals surface area contributed by atoms with Crippen LogP contribution in [0.4, 0.5) is 0 Å². The standard InChI is InChI=1S/Br2O.Te/c1-3-2;. The zero-order chi connectivity index (χ0) is 2.71. The van der Waals surface area contributed by atoms with Crippen molar-refractivity contribution in [3.05, 3.63) is 0 Å². The molecule has 0 saturated carbocycles. The first kappa shape index (κ1) is 9.20. The van der Waals surface area contributed by atoms with Gasteiger partial charge >= 0.3 is 0 Å². The molecule has 0 aliphatic heterocycles. The molecule has 0 aliphatic rings. The molecule has 0 aromatic rings. The van der Waals surface area contributed by atoms with E-state index in [2.05, 4.69) is 35.4 Å². The van der Waals surface area contributed by atoms with Crippen LogP contribution in [0.3, 0.4) is 0 Å². The molecule has 0 spiro atoms. The average Bonchev–Trinajstić information content (AvgIpc) is 0.918. The van der Waals surface area contributed by atoms with Gasteiger partial charge in [0.2, 0.25) is 0 Å². The Morgan fingerprint density at radius 1 is 1.25 bits per heavy atom. The van der Waals surface area contributed by atoms with E-state index in [0.717, 1.165) is 0 Å². The van der Waals surface area contributed by atoms with E-state index in [1.807, 2.05) is 0 Å². The van der Waals surface area contributed by atoms with E-state index < -0.39 is 0 Å². The van der Waals surface area contributed by atoms with E-state index in [0.29, 0.717) is 0 Å². The average molecular weight is 303 g/mol. The van der Waals surface area contributed by atoms with Gasteiger partial charge in [-0.15, -0.1) is 0 Å². The Bertz CT molecular complexity index is 6.00. The van der Waals surface area contributed by atoms with Crippen LogP contribution in [0.15, 0.2) is 0 Å². The molecule has 0 amide bonds. The Kier molecular flexibility index (Phi) is 20.3.